The molecule has 0 atom stereocenters. The van der Waals surface area contributed by atoms with Crippen LogP contribution < -0.4 is 10.6 Å². The van der Waals surface area contributed by atoms with Gasteiger partial charge in [0.1, 0.15) is 5.65 Å². The van der Waals surface area contributed by atoms with Crippen molar-refractivity contribution in [3.8, 4) is 0 Å². The summed E-state index contributed by atoms with van der Waals surface area (Å²) in [6, 6.07) is 14.6. The van der Waals surface area contributed by atoms with Crippen LogP contribution in [0.15, 0.2) is 53.7 Å². The molecule has 0 aliphatic carbocycles. The number of halogens is 1. The summed E-state index contributed by atoms with van der Waals surface area (Å²) in [6.45, 7) is 5.54. The lowest BCUT2D eigenvalue weighted by molar-refractivity contribution is 0.798. The Kier molecular flexibility index (Phi) is 6.81. The number of rotatable bonds is 4. The molecule has 0 fully saturated rings. The number of benzene rings is 1. The number of aliphatic imine (C=N–C) groups is 1. The Morgan fingerprint density at radius 1 is 1.04 bits per heavy atom. The third-order valence-corrected chi connectivity index (χ3v) is 3.99. The predicted octanol–water partition coefficient (Wildman–Crippen LogP) is 3.43. The van der Waals surface area contributed by atoms with Crippen molar-refractivity contribution in [2.24, 2.45) is 4.99 Å². The molecule has 3 rings (SSSR count). The molecule has 0 saturated carbocycles. The third kappa shape index (κ3) is 4.94. The van der Waals surface area contributed by atoms with Gasteiger partial charge < -0.3 is 15.0 Å². The molecular formula is C19H24IN5. The first kappa shape index (κ1) is 19.2. The Hall–Kier alpha value is -2.09. The largest absolute Gasteiger partial charge is 0.352 e. The quantitative estimate of drug-likeness (QED) is 0.365. The Morgan fingerprint density at radius 2 is 1.76 bits per heavy atom. The van der Waals surface area contributed by atoms with Crippen molar-refractivity contribution < 1.29 is 0 Å². The van der Waals surface area contributed by atoms with Gasteiger partial charge in [0.2, 0.25) is 0 Å². The van der Waals surface area contributed by atoms with Gasteiger partial charge in [-0.25, -0.2) is 4.98 Å². The van der Waals surface area contributed by atoms with Crippen LogP contribution in [0.5, 0.6) is 0 Å². The Balaban J connectivity index is 0.00000225. The summed E-state index contributed by atoms with van der Waals surface area (Å²) in [5.41, 5.74) is 5.63. The van der Waals surface area contributed by atoms with Crippen LogP contribution in [-0.2, 0) is 13.1 Å². The first-order valence-corrected chi connectivity index (χ1v) is 8.09. The standard InChI is InChI=1S/C19H23N5.HI/c1-14-7-9-16(10-8-14)11-21-19(20-3)22-12-17-13-24-15(2)5-4-6-18(24)23-17;/h4-10,13H,11-12H2,1-3H3,(H2,20,21,22);1H. The van der Waals surface area contributed by atoms with Crippen LogP contribution in [0.2, 0.25) is 0 Å². The maximum Gasteiger partial charge on any atom is 0.191 e. The Morgan fingerprint density at radius 3 is 2.44 bits per heavy atom. The highest BCUT2D eigenvalue weighted by atomic mass is 127. The van der Waals surface area contributed by atoms with Crippen molar-refractivity contribution in [2.75, 3.05) is 7.05 Å². The van der Waals surface area contributed by atoms with E-state index in [-0.39, 0.29) is 24.0 Å². The molecule has 0 aliphatic rings. The number of nitrogens with one attached hydrogen (secondary N) is 2. The number of hydrogen-bond acceptors (Lipinski definition) is 2. The average Bonchev–Trinajstić information content (AvgIpc) is 3.01. The molecule has 6 heteroatoms. The molecule has 0 radical (unpaired) electrons. The van der Waals surface area contributed by atoms with E-state index in [1.807, 2.05) is 12.1 Å². The van der Waals surface area contributed by atoms with Crippen molar-refractivity contribution in [3.05, 3.63) is 71.2 Å². The number of hydrogen-bond donors (Lipinski definition) is 2. The molecule has 2 N–H and O–H groups in total. The normalized spacial score (nSPS) is 11.2. The number of aromatic nitrogens is 2. The van der Waals surface area contributed by atoms with Gasteiger partial charge in [-0.2, -0.15) is 0 Å². The molecule has 0 saturated heterocycles. The highest BCUT2D eigenvalue weighted by Crippen LogP contribution is 2.08. The fourth-order valence-electron chi connectivity index (χ4n) is 2.57. The van der Waals surface area contributed by atoms with Crippen molar-refractivity contribution in [3.63, 3.8) is 0 Å². The molecule has 0 aliphatic heterocycles. The fourth-order valence-corrected chi connectivity index (χ4v) is 2.57. The molecule has 0 unspecified atom stereocenters. The van der Waals surface area contributed by atoms with Gasteiger partial charge >= 0.3 is 0 Å². The summed E-state index contributed by atoms with van der Waals surface area (Å²) in [4.78, 5) is 8.89. The van der Waals surface area contributed by atoms with E-state index in [1.54, 1.807) is 7.05 Å². The maximum atomic E-state index is 4.63. The second kappa shape index (κ2) is 8.84. The summed E-state index contributed by atoms with van der Waals surface area (Å²) < 4.78 is 2.10. The zero-order chi connectivity index (χ0) is 16.9. The van der Waals surface area contributed by atoms with Gasteiger partial charge in [-0.1, -0.05) is 35.9 Å². The van der Waals surface area contributed by atoms with Gasteiger partial charge in [0.25, 0.3) is 0 Å². The molecule has 0 amide bonds. The van der Waals surface area contributed by atoms with Crippen LogP contribution in [0.25, 0.3) is 5.65 Å². The lowest BCUT2D eigenvalue weighted by Crippen LogP contribution is -2.36. The van der Waals surface area contributed by atoms with Gasteiger partial charge in [0.15, 0.2) is 5.96 Å². The number of pyridine rings is 1. The second-order valence-electron chi connectivity index (χ2n) is 5.89. The van der Waals surface area contributed by atoms with E-state index in [9.17, 15) is 0 Å². The van der Waals surface area contributed by atoms with E-state index in [2.05, 4.69) is 75.4 Å². The van der Waals surface area contributed by atoms with Gasteiger partial charge in [-0.15, -0.1) is 24.0 Å². The summed E-state index contributed by atoms with van der Waals surface area (Å²) in [6.07, 6.45) is 2.06. The van der Waals surface area contributed by atoms with E-state index < -0.39 is 0 Å². The molecule has 3 aromatic rings. The van der Waals surface area contributed by atoms with Crippen LogP contribution in [0, 0.1) is 13.8 Å². The van der Waals surface area contributed by atoms with Crippen LogP contribution >= 0.6 is 24.0 Å². The highest BCUT2D eigenvalue weighted by Gasteiger charge is 2.04. The number of fused-ring (bicyclic) bond motifs is 1. The highest BCUT2D eigenvalue weighted by molar-refractivity contribution is 14.0. The lowest BCUT2D eigenvalue weighted by atomic mass is 10.1. The van der Waals surface area contributed by atoms with Crippen LogP contribution in [-0.4, -0.2) is 22.4 Å². The van der Waals surface area contributed by atoms with E-state index in [1.165, 1.54) is 16.8 Å². The molecular weight excluding hydrogens is 425 g/mol. The third-order valence-electron chi connectivity index (χ3n) is 3.99. The minimum Gasteiger partial charge on any atom is -0.352 e. The van der Waals surface area contributed by atoms with Crippen molar-refractivity contribution in [1.82, 2.24) is 20.0 Å². The Labute approximate surface area is 165 Å². The average molecular weight is 449 g/mol. The van der Waals surface area contributed by atoms with Gasteiger partial charge in [-0.3, -0.25) is 4.99 Å². The van der Waals surface area contributed by atoms with Crippen molar-refractivity contribution in [1.29, 1.82) is 0 Å². The molecule has 132 valence electrons. The number of guanidine groups is 1. The number of imidazole rings is 1. The Bertz CT molecular complexity index is 852. The fraction of sp³-hybridized carbons (Fsp3) is 0.263. The zero-order valence-electron chi connectivity index (χ0n) is 14.8. The second-order valence-corrected chi connectivity index (χ2v) is 5.89. The van der Waals surface area contributed by atoms with Crippen LogP contribution in [0.4, 0.5) is 0 Å². The summed E-state index contributed by atoms with van der Waals surface area (Å²) in [5.74, 6) is 0.768. The summed E-state index contributed by atoms with van der Waals surface area (Å²) in [7, 11) is 1.78. The lowest BCUT2D eigenvalue weighted by Gasteiger charge is -2.11. The molecule has 2 aromatic heterocycles. The van der Waals surface area contributed by atoms with Gasteiger partial charge in [0.05, 0.1) is 12.2 Å². The maximum absolute atomic E-state index is 4.63. The summed E-state index contributed by atoms with van der Waals surface area (Å²) in [5, 5.41) is 6.64. The smallest absolute Gasteiger partial charge is 0.191 e. The zero-order valence-corrected chi connectivity index (χ0v) is 17.1. The monoisotopic (exact) mass is 449 g/mol. The first-order chi connectivity index (χ1) is 11.7. The van der Waals surface area contributed by atoms with E-state index in [4.69, 9.17) is 0 Å². The van der Waals surface area contributed by atoms with E-state index in [0.29, 0.717) is 6.54 Å². The van der Waals surface area contributed by atoms with E-state index >= 15 is 0 Å². The molecule has 0 spiro atoms. The predicted molar refractivity (Wildman–Crippen MR) is 114 cm³/mol. The van der Waals surface area contributed by atoms with Gasteiger partial charge in [-0.05, 0) is 31.5 Å². The van der Waals surface area contributed by atoms with Gasteiger partial charge in [0, 0.05) is 25.5 Å². The molecule has 2 heterocycles. The van der Waals surface area contributed by atoms with Crippen molar-refractivity contribution in [2.45, 2.75) is 26.9 Å². The van der Waals surface area contributed by atoms with Crippen molar-refractivity contribution >= 4 is 35.6 Å². The molecule has 25 heavy (non-hydrogen) atoms. The molecule has 0 bridgehead atoms. The summed E-state index contributed by atoms with van der Waals surface area (Å²) >= 11 is 0. The number of nitrogens with zero attached hydrogens (tertiary/aromatic N) is 3. The topological polar surface area (TPSA) is 53.7 Å². The molecule has 1 aromatic carbocycles. The minimum atomic E-state index is 0. The number of aryl methyl sites for hydroxylation is 2. The molecule has 5 nitrogen and oxygen atoms in total. The first-order valence-electron chi connectivity index (χ1n) is 8.09. The SMILES string of the molecule is CN=C(NCc1ccc(C)cc1)NCc1cn2c(C)cccc2n1.I. The minimum absolute atomic E-state index is 0. The van der Waals surface area contributed by atoms with Crippen LogP contribution in [0.3, 0.4) is 0 Å². The van der Waals surface area contributed by atoms with Crippen LogP contribution in [0.1, 0.15) is 22.5 Å². The van der Waals surface area contributed by atoms with E-state index in [0.717, 1.165) is 23.8 Å².